The molecule has 2 heterocycles. The van der Waals surface area contributed by atoms with Crippen molar-refractivity contribution in [2.75, 3.05) is 13.1 Å². The maximum atomic E-state index is 13.4. The maximum Gasteiger partial charge on any atom is 0.123 e. The van der Waals surface area contributed by atoms with Crippen LogP contribution in [0, 0.1) is 11.7 Å². The predicted molar refractivity (Wildman–Crippen MR) is 84.3 cm³/mol. The van der Waals surface area contributed by atoms with Gasteiger partial charge in [0.05, 0.1) is 6.33 Å². The SMILES string of the molecule is Fc1ccc2[nH]cc(C3CC3CNCCc3cnc[nH]3)c2c1. The molecule has 1 aliphatic rings. The third-order valence-electron chi connectivity index (χ3n) is 4.53. The second kappa shape index (κ2) is 5.57. The van der Waals surface area contributed by atoms with E-state index in [1.807, 2.05) is 18.5 Å². The third-order valence-corrected chi connectivity index (χ3v) is 4.53. The minimum absolute atomic E-state index is 0.164. The van der Waals surface area contributed by atoms with Gasteiger partial charge in [-0.05, 0) is 48.6 Å². The Kier molecular flexibility index (Phi) is 3.42. The van der Waals surface area contributed by atoms with Crippen molar-refractivity contribution in [2.45, 2.75) is 18.8 Å². The van der Waals surface area contributed by atoms with Gasteiger partial charge in [-0.15, -0.1) is 0 Å². The van der Waals surface area contributed by atoms with Crippen LogP contribution in [-0.2, 0) is 6.42 Å². The van der Waals surface area contributed by atoms with Crippen LogP contribution in [0.5, 0.6) is 0 Å². The van der Waals surface area contributed by atoms with E-state index in [1.165, 1.54) is 18.1 Å². The normalized spacial score (nSPS) is 20.6. The summed E-state index contributed by atoms with van der Waals surface area (Å²) < 4.78 is 13.4. The number of nitrogens with zero attached hydrogens (tertiary/aromatic N) is 1. The van der Waals surface area contributed by atoms with Gasteiger partial charge in [0.25, 0.3) is 0 Å². The molecule has 0 amide bonds. The van der Waals surface area contributed by atoms with E-state index in [1.54, 1.807) is 12.4 Å². The molecule has 1 fully saturated rings. The van der Waals surface area contributed by atoms with Gasteiger partial charge in [0.1, 0.15) is 5.82 Å². The summed E-state index contributed by atoms with van der Waals surface area (Å²) in [6.07, 6.45) is 7.76. The van der Waals surface area contributed by atoms with E-state index in [0.717, 1.165) is 36.1 Å². The van der Waals surface area contributed by atoms with Crippen LogP contribution in [0.4, 0.5) is 4.39 Å². The third kappa shape index (κ3) is 2.64. The Bertz CT molecular complexity index is 762. The van der Waals surface area contributed by atoms with Gasteiger partial charge < -0.3 is 15.3 Å². The van der Waals surface area contributed by atoms with Gasteiger partial charge in [-0.3, -0.25) is 0 Å². The van der Waals surface area contributed by atoms with Crippen molar-refractivity contribution in [3.05, 3.63) is 54.0 Å². The number of benzene rings is 1. The summed E-state index contributed by atoms with van der Waals surface area (Å²) in [7, 11) is 0. The minimum Gasteiger partial charge on any atom is -0.361 e. The molecule has 0 bridgehead atoms. The number of rotatable bonds is 6. The lowest BCUT2D eigenvalue weighted by Crippen LogP contribution is -2.20. The highest BCUT2D eigenvalue weighted by Crippen LogP contribution is 2.49. The molecular weight excluding hydrogens is 279 g/mol. The molecule has 1 saturated carbocycles. The number of nitrogens with one attached hydrogen (secondary N) is 3. The second-order valence-electron chi connectivity index (χ2n) is 6.07. The molecule has 4 rings (SSSR count). The van der Waals surface area contributed by atoms with E-state index in [9.17, 15) is 4.39 Å². The van der Waals surface area contributed by atoms with Gasteiger partial charge >= 0.3 is 0 Å². The van der Waals surface area contributed by atoms with Crippen LogP contribution in [0.3, 0.4) is 0 Å². The smallest absolute Gasteiger partial charge is 0.123 e. The Morgan fingerprint density at radius 1 is 1.32 bits per heavy atom. The van der Waals surface area contributed by atoms with Crippen molar-refractivity contribution in [3.8, 4) is 0 Å². The second-order valence-corrected chi connectivity index (χ2v) is 6.07. The van der Waals surface area contributed by atoms with Crippen LogP contribution in [0.25, 0.3) is 10.9 Å². The zero-order chi connectivity index (χ0) is 14.9. The van der Waals surface area contributed by atoms with Crippen molar-refractivity contribution >= 4 is 10.9 Å². The van der Waals surface area contributed by atoms with E-state index < -0.39 is 0 Å². The number of imidazole rings is 1. The fourth-order valence-corrected chi connectivity index (χ4v) is 3.21. The quantitative estimate of drug-likeness (QED) is 0.613. The Labute approximate surface area is 128 Å². The highest BCUT2D eigenvalue weighted by Gasteiger charge is 2.39. The van der Waals surface area contributed by atoms with Crippen LogP contribution in [0.2, 0.25) is 0 Å². The molecular formula is C17H19FN4. The molecule has 5 heteroatoms. The van der Waals surface area contributed by atoms with Crippen LogP contribution >= 0.6 is 0 Å². The Balaban J connectivity index is 1.32. The first-order valence-electron chi connectivity index (χ1n) is 7.76. The fraction of sp³-hybridized carbons (Fsp3) is 0.353. The van der Waals surface area contributed by atoms with Gasteiger partial charge in [0.15, 0.2) is 0 Å². The van der Waals surface area contributed by atoms with Crippen molar-refractivity contribution in [2.24, 2.45) is 5.92 Å². The number of halogens is 1. The number of aromatic amines is 2. The molecule has 2 unspecified atom stereocenters. The van der Waals surface area contributed by atoms with Crippen LogP contribution in [0.15, 0.2) is 36.9 Å². The largest absolute Gasteiger partial charge is 0.361 e. The molecule has 0 spiro atoms. The molecule has 3 N–H and O–H groups in total. The lowest BCUT2D eigenvalue weighted by Gasteiger charge is -2.03. The summed E-state index contributed by atoms with van der Waals surface area (Å²) in [5, 5.41) is 4.54. The first-order valence-corrected chi connectivity index (χ1v) is 7.76. The molecule has 22 heavy (non-hydrogen) atoms. The Morgan fingerprint density at radius 2 is 2.27 bits per heavy atom. The van der Waals surface area contributed by atoms with Gasteiger partial charge in [-0.1, -0.05) is 0 Å². The summed E-state index contributed by atoms with van der Waals surface area (Å²) in [6.45, 7) is 1.97. The number of hydrogen-bond donors (Lipinski definition) is 3. The summed E-state index contributed by atoms with van der Waals surface area (Å²) >= 11 is 0. The van der Waals surface area contributed by atoms with Crippen LogP contribution < -0.4 is 5.32 Å². The Hall–Kier alpha value is -2.14. The van der Waals surface area contributed by atoms with Crippen LogP contribution in [-0.4, -0.2) is 28.0 Å². The standard InChI is InChI=1S/C17H19FN4/c18-12-1-2-17-15(6-12)16(9-21-17)14-5-11(14)7-19-4-3-13-8-20-10-22-13/h1-2,6,8-11,14,19,21H,3-5,7H2,(H,20,22). The van der Waals surface area contributed by atoms with E-state index in [-0.39, 0.29) is 5.82 Å². The predicted octanol–water partition coefficient (Wildman–Crippen LogP) is 2.97. The van der Waals surface area contributed by atoms with Crippen molar-refractivity contribution in [1.29, 1.82) is 0 Å². The first-order chi connectivity index (χ1) is 10.8. The van der Waals surface area contributed by atoms with Gasteiger partial charge in [0.2, 0.25) is 0 Å². The highest BCUT2D eigenvalue weighted by atomic mass is 19.1. The van der Waals surface area contributed by atoms with Gasteiger partial charge in [-0.2, -0.15) is 0 Å². The van der Waals surface area contributed by atoms with E-state index in [4.69, 9.17) is 0 Å². The number of fused-ring (bicyclic) bond motifs is 1. The van der Waals surface area contributed by atoms with Crippen molar-refractivity contribution in [1.82, 2.24) is 20.3 Å². The lowest BCUT2D eigenvalue weighted by molar-refractivity contribution is 0.623. The van der Waals surface area contributed by atoms with E-state index in [0.29, 0.717) is 11.8 Å². The van der Waals surface area contributed by atoms with Gasteiger partial charge in [0, 0.05) is 42.0 Å². The Morgan fingerprint density at radius 3 is 3.14 bits per heavy atom. The zero-order valence-corrected chi connectivity index (χ0v) is 12.3. The lowest BCUT2D eigenvalue weighted by atomic mass is 10.1. The van der Waals surface area contributed by atoms with Crippen molar-refractivity contribution in [3.63, 3.8) is 0 Å². The van der Waals surface area contributed by atoms with Crippen LogP contribution in [0.1, 0.15) is 23.6 Å². The summed E-state index contributed by atoms with van der Waals surface area (Å²) in [5.41, 5.74) is 3.44. The van der Waals surface area contributed by atoms with Crippen molar-refractivity contribution < 1.29 is 4.39 Å². The van der Waals surface area contributed by atoms with Gasteiger partial charge in [-0.25, -0.2) is 9.37 Å². The summed E-state index contributed by atoms with van der Waals surface area (Å²) in [4.78, 5) is 10.4. The maximum absolute atomic E-state index is 13.4. The molecule has 0 saturated heterocycles. The molecule has 0 radical (unpaired) electrons. The molecule has 1 aliphatic carbocycles. The molecule has 3 aromatic rings. The fourth-order valence-electron chi connectivity index (χ4n) is 3.21. The molecule has 4 nitrogen and oxygen atoms in total. The summed E-state index contributed by atoms with van der Waals surface area (Å²) in [5.74, 6) is 1.04. The average Bonchev–Trinajstić information content (AvgIpc) is 2.94. The minimum atomic E-state index is -0.164. The average molecular weight is 298 g/mol. The zero-order valence-electron chi connectivity index (χ0n) is 12.3. The number of H-pyrrole nitrogens is 2. The number of aromatic nitrogens is 3. The molecule has 114 valence electrons. The highest BCUT2D eigenvalue weighted by molar-refractivity contribution is 5.84. The molecule has 2 atom stereocenters. The van der Waals surface area contributed by atoms with E-state index in [2.05, 4.69) is 20.3 Å². The molecule has 0 aliphatic heterocycles. The summed E-state index contributed by atoms with van der Waals surface area (Å²) in [6, 6.07) is 4.96. The first kappa shape index (κ1) is 13.5. The number of hydrogen-bond acceptors (Lipinski definition) is 2. The van der Waals surface area contributed by atoms with E-state index >= 15 is 0 Å². The monoisotopic (exact) mass is 298 g/mol. The topological polar surface area (TPSA) is 56.5 Å². The molecule has 1 aromatic carbocycles. The molecule has 2 aromatic heterocycles.